The van der Waals surface area contributed by atoms with Gasteiger partial charge in [0.25, 0.3) is 0 Å². The second kappa shape index (κ2) is 9.17. The maximum atomic E-state index is 13.7. The Balaban J connectivity index is 1.66. The van der Waals surface area contributed by atoms with Gasteiger partial charge in [0.15, 0.2) is 0 Å². The fraction of sp³-hybridized carbons (Fsp3) is 0.375. The molecule has 0 saturated carbocycles. The van der Waals surface area contributed by atoms with Gasteiger partial charge in [-0.15, -0.1) is 0 Å². The average molecular weight is 462 g/mol. The van der Waals surface area contributed by atoms with Crippen molar-refractivity contribution in [2.24, 2.45) is 0 Å². The first-order valence-corrected chi connectivity index (χ1v) is 10.9. The number of halogens is 3. The Morgan fingerprint density at radius 3 is 2.41 bits per heavy atom. The molecule has 0 atom stereocenters. The molecule has 3 aromatic rings. The number of hydrogen-bond acceptors (Lipinski definition) is 4. The van der Waals surface area contributed by atoms with Crippen molar-refractivity contribution in [3.05, 3.63) is 81.5 Å². The zero-order valence-corrected chi connectivity index (χ0v) is 18.9. The van der Waals surface area contributed by atoms with Crippen LogP contribution in [0.1, 0.15) is 36.2 Å². The van der Waals surface area contributed by atoms with Gasteiger partial charge >= 0.3 is 0 Å². The molecule has 170 valence electrons. The lowest BCUT2D eigenvalue weighted by Crippen LogP contribution is -2.41. The van der Waals surface area contributed by atoms with Gasteiger partial charge in [-0.25, -0.2) is 13.5 Å². The summed E-state index contributed by atoms with van der Waals surface area (Å²) in [6.07, 6.45) is 0. The van der Waals surface area contributed by atoms with Crippen molar-refractivity contribution in [2.75, 3.05) is 19.8 Å². The molecule has 0 spiro atoms. The lowest BCUT2D eigenvalue weighted by Gasteiger charge is -2.37. The maximum absolute atomic E-state index is 13.7. The van der Waals surface area contributed by atoms with Gasteiger partial charge in [0, 0.05) is 36.1 Å². The normalized spacial score (nSPS) is 15.6. The molecule has 0 bridgehead atoms. The van der Waals surface area contributed by atoms with Crippen molar-refractivity contribution >= 4 is 11.6 Å². The SMILES string of the molecule is CC1(C)CN(Cc2cc(F)cc(F)c2)Cc2c1nn(Cc1ccc(Cl)cc1)c2OCCO. The number of rotatable bonds is 7. The van der Waals surface area contributed by atoms with Crippen LogP contribution >= 0.6 is 11.6 Å². The Kier molecular flexibility index (Phi) is 6.51. The largest absolute Gasteiger partial charge is 0.475 e. The predicted molar refractivity (Wildman–Crippen MR) is 119 cm³/mol. The van der Waals surface area contributed by atoms with E-state index in [1.165, 1.54) is 12.1 Å². The molecule has 0 unspecified atom stereocenters. The van der Waals surface area contributed by atoms with Gasteiger partial charge in [-0.3, -0.25) is 4.90 Å². The first kappa shape index (κ1) is 22.7. The van der Waals surface area contributed by atoms with Gasteiger partial charge in [-0.1, -0.05) is 37.6 Å². The molecule has 0 radical (unpaired) electrons. The number of aliphatic hydroxyl groups is 1. The summed E-state index contributed by atoms with van der Waals surface area (Å²) < 4.78 is 35.1. The fourth-order valence-electron chi connectivity index (χ4n) is 4.33. The van der Waals surface area contributed by atoms with Crippen LogP contribution in [0.4, 0.5) is 8.78 Å². The number of hydrogen-bond donors (Lipinski definition) is 1. The molecule has 2 heterocycles. The van der Waals surface area contributed by atoms with Crippen LogP contribution in [0.3, 0.4) is 0 Å². The van der Waals surface area contributed by atoms with Gasteiger partial charge in [-0.2, -0.15) is 5.10 Å². The Morgan fingerprint density at radius 1 is 1.06 bits per heavy atom. The Morgan fingerprint density at radius 2 is 1.75 bits per heavy atom. The molecule has 1 N–H and O–H groups in total. The quantitative estimate of drug-likeness (QED) is 0.561. The zero-order chi connectivity index (χ0) is 22.9. The van der Waals surface area contributed by atoms with E-state index in [-0.39, 0.29) is 18.6 Å². The summed E-state index contributed by atoms with van der Waals surface area (Å²) >= 11 is 6.01. The number of aromatic nitrogens is 2. The standard InChI is InChI=1S/C24H26ClF2N3O2/c1-24(2)15-29(12-17-9-19(26)11-20(27)10-17)14-21-22(24)28-30(23(21)32-8-7-31)13-16-3-5-18(25)6-4-16/h3-6,9-11,31H,7-8,12-15H2,1-2H3. The van der Waals surface area contributed by atoms with Crippen LogP contribution in [0, 0.1) is 11.6 Å². The van der Waals surface area contributed by atoms with Crippen LogP contribution in [0.15, 0.2) is 42.5 Å². The van der Waals surface area contributed by atoms with Crippen LogP contribution in [0.25, 0.3) is 0 Å². The van der Waals surface area contributed by atoms with Crippen molar-refractivity contribution in [3.63, 3.8) is 0 Å². The highest BCUT2D eigenvalue weighted by molar-refractivity contribution is 6.30. The number of ether oxygens (including phenoxy) is 1. The second-order valence-corrected chi connectivity index (χ2v) is 9.23. The van der Waals surface area contributed by atoms with Gasteiger partial charge in [0.2, 0.25) is 5.88 Å². The van der Waals surface area contributed by atoms with Crippen molar-refractivity contribution in [3.8, 4) is 5.88 Å². The summed E-state index contributed by atoms with van der Waals surface area (Å²) in [5.74, 6) is -0.563. The number of nitrogens with zero attached hydrogens (tertiary/aromatic N) is 3. The van der Waals surface area contributed by atoms with Crippen molar-refractivity contribution in [1.82, 2.24) is 14.7 Å². The number of aliphatic hydroxyl groups excluding tert-OH is 1. The minimum Gasteiger partial charge on any atom is -0.475 e. The summed E-state index contributed by atoms with van der Waals surface area (Å²) in [5.41, 5.74) is 3.16. The van der Waals surface area contributed by atoms with E-state index in [0.29, 0.717) is 42.6 Å². The average Bonchev–Trinajstić information content (AvgIpc) is 3.05. The molecule has 32 heavy (non-hydrogen) atoms. The lowest BCUT2D eigenvalue weighted by atomic mass is 9.83. The molecule has 0 saturated heterocycles. The lowest BCUT2D eigenvalue weighted by molar-refractivity contribution is 0.171. The van der Waals surface area contributed by atoms with E-state index in [2.05, 4.69) is 18.7 Å². The van der Waals surface area contributed by atoms with Crippen LogP contribution < -0.4 is 4.74 Å². The van der Waals surface area contributed by atoms with Gasteiger partial charge in [0.1, 0.15) is 18.2 Å². The molecule has 5 nitrogen and oxygen atoms in total. The van der Waals surface area contributed by atoms with Crippen LogP contribution in [0.5, 0.6) is 5.88 Å². The van der Waals surface area contributed by atoms with E-state index in [1.807, 2.05) is 28.9 Å². The maximum Gasteiger partial charge on any atom is 0.217 e. The molecule has 1 aliphatic rings. The van der Waals surface area contributed by atoms with Gasteiger partial charge in [-0.05, 0) is 35.4 Å². The molecule has 2 aromatic carbocycles. The van der Waals surface area contributed by atoms with Crippen molar-refractivity contribution in [1.29, 1.82) is 0 Å². The van der Waals surface area contributed by atoms with E-state index in [1.54, 1.807) is 0 Å². The fourth-order valence-corrected chi connectivity index (χ4v) is 4.46. The summed E-state index contributed by atoms with van der Waals surface area (Å²) in [4.78, 5) is 2.14. The third-order valence-corrected chi connectivity index (χ3v) is 5.80. The van der Waals surface area contributed by atoms with Crippen molar-refractivity contribution < 1.29 is 18.6 Å². The van der Waals surface area contributed by atoms with Crippen LogP contribution in [-0.2, 0) is 25.0 Å². The van der Waals surface area contributed by atoms with Crippen LogP contribution in [-0.4, -0.2) is 39.5 Å². The molecule has 8 heteroatoms. The third kappa shape index (κ3) is 4.95. The summed E-state index contributed by atoms with van der Waals surface area (Å²) in [6, 6.07) is 11.1. The Labute approximate surface area is 191 Å². The first-order valence-electron chi connectivity index (χ1n) is 10.5. The Hall–Kier alpha value is -2.48. The second-order valence-electron chi connectivity index (χ2n) is 8.80. The monoisotopic (exact) mass is 461 g/mol. The number of fused-ring (bicyclic) bond motifs is 1. The van der Waals surface area contributed by atoms with Gasteiger partial charge < -0.3 is 9.84 Å². The molecular formula is C24H26ClF2N3O2. The molecule has 4 rings (SSSR count). The number of benzene rings is 2. The van der Waals surface area contributed by atoms with E-state index in [4.69, 9.17) is 21.4 Å². The van der Waals surface area contributed by atoms with Crippen molar-refractivity contribution in [2.45, 2.75) is 38.9 Å². The molecule has 0 aliphatic carbocycles. The van der Waals surface area contributed by atoms with Gasteiger partial charge in [0.05, 0.1) is 24.4 Å². The predicted octanol–water partition coefficient (Wildman–Crippen LogP) is 4.53. The highest BCUT2D eigenvalue weighted by Crippen LogP contribution is 2.38. The molecule has 1 aliphatic heterocycles. The van der Waals surface area contributed by atoms with Crippen LogP contribution in [0.2, 0.25) is 5.02 Å². The molecule has 0 fully saturated rings. The minimum absolute atomic E-state index is 0.115. The van der Waals surface area contributed by atoms with E-state index in [0.717, 1.165) is 22.9 Å². The minimum atomic E-state index is -0.584. The molecular weight excluding hydrogens is 436 g/mol. The highest BCUT2D eigenvalue weighted by Gasteiger charge is 2.38. The smallest absolute Gasteiger partial charge is 0.217 e. The summed E-state index contributed by atoms with van der Waals surface area (Å²) in [7, 11) is 0. The van der Waals surface area contributed by atoms with E-state index >= 15 is 0 Å². The summed E-state index contributed by atoms with van der Waals surface area (Å²) in [5, 5.41) is 14.9. The first-order chi connectivity index (χ1) is 15.2. The zero-order valence-electron chi connectivity index (χ0n) is 18.1. The Bertz CT molecular complexity index is 1080. The van der Waals surface area contributed by atoms with E-state index in [9.17, 15) is 13.9 Å². The molecule has 0 amide bonds. The topological polar surface area (TPSA) is 50.5 Å². The third-order valence-electron chi connectivity index (χ3n) is 5.55. The highest BCUT2D eigenvalue weighted by atomic mass is 35.5. The van der Waals surface area contributed by atoms with E-state index < -0.39 is 11.6 Å². The summed E-state index contributed by atoms with van der Waals surface area (Å²) in [6.45, 7) is 6.33. The molecule has 1 aromatic heterocycles.